The highest BCUT2D eigenvalue weighted by Gasteiger charge is 2.33. The topological polar surface area (TPSA) is 72.6 Å². The van der Waals surface area contributed by atoms with E-state index in [9.17, 15) is 9.59 Å². The van der Waals surface area contributed by atoms with Gasteiger partial charge in [-0.25, -0.2) is 0 Å². The second kappa shape index (κ2) is 7.72. The van der Waals surface area contributed by atoms with E-state index in [0.717, 1.165) is 11.3 Å². The summed E-state index contributed by atoms with van der Waals surface area (Å²) >= 11 is 6.61. The third-order valence-electron chi connectivity index (χ3n) is 3.66. The van der Waals surface area contributed by atoms with Gasteiger partial charge in [0.15, 0.2) is 10.9 Å². The molecule has 5 nitrogen and oxygen atoms in total. The molecule has 1 heterocycles. The van der Waals surface area contributed by atoms with Crippen molar-refractivity contribution in [1.29, 1.82) is 0 Å². The van der Waals surface area contributed by atoms with Crippen LogP contribution in [0.3, 0.4) is 0 Å². The predicted molar refractivity (Wildman–Crippen MR) is 108 cm³/mol. The molecule has 1 saturated heterocycles. The van der Waals surface area contributed by atoms with Crippen LogP contribution in [0.4, 0.5) is 5.69 Å². The number of nitrogens with zero attached hydrogens (tertiary/aromatic N) is 1. The van der Waals surface area contributed by atoms with E-state index in [1.165, 1.54) is 16.7 Å². The van der Waals surface area contributed by atoms with Crippen LogP contribution in [0.15, 0.2) is 53.4 Å². The fraction of sp³-hybridized carbons (Fsp3) is 0.105. The molecular formula is C19H16N2O3S2. The number of rotatable bonds is 5. The molecule has 2 N–H and O–H groups in total. The summed E-state index contributed by atoms with van der Waals surface area (Å²) in [6.07, 6.45) is 1.71. The highest BCUT2D eigenvalue weighted by atomic mass is 32.2. The number of anilines is 1. The molecule has 0 aromatic heterocycles. The fourth-order valence-electron chi connectivity index (χ4n) is 2.41. The largest absolute Gasteiger partial charge is 0.483 e. The number of ether oxygens (including phenoxy) is 1. The summed E-state index contributed by atoms with van der Waals surface area (Å²) < 4.78 is 5.88. The zero-order valence-electron chi connectivity index (χ0n) is 14.0. The molecule has 2 aromatic carbocycles. The van der Waals surface area contributed by atoms with Crippen molar-refractivity contribution in [2.75, 3.05) is 11.5 Å². The van der Waals surface area contributed by atoms with Crippen molar-refractivity contribution in [1.82, 2.24) is 0 Å². The minimum absolute atomic E-state index is 0.187. The number of amides is 2. The zero-order chi connectivity index (χ0) is 18.7. The molecule has 0 unspecified atom stereocenters. The lowest BCUT2D eigenvalue weighted by Crippen LogP contribution is -2.27. The number of hydrogen-bond acceptors (Lipinski definition) is 5. The maximum absolute atomic E-state index is 12.8. The quantitative estimate of drug-likeness (QED) is 0.633. The minimum atomic E-state index is -0.564. The second-order valence-corrected chi connectivity index (χ2v) is 7.32. The molecule has 132 valence electrons. The Morgan fingerprint density at radius 2 is 1.92 bits per heavy atom. The van der Waals surface area contributed by atoms with E-state index < -0.39 is 5.91 Å². The number of para-hydroxylation sites is 1. The van der Waals surface area contributed by atoms with Crippen LogP contribution in [0.2, 0.25) is 0 Å². The SMILES string of the molecule is Cc1ccc(N2C(=O)/C(=C/c3ccccc3OCC(N)=O)SC2=S)cc1. The van der Waals surface area contributed by atoms with Crippen LogP contribution in [0, 0.1) is 6.92 Å². The molecule has 1 aliphatic rings. The first-order valence-corrected chi connectivity index (χ1v) is 9.03. The normalized spacial score (nSPS) is 15.6. The van der Waals surface area contributed by atoms with E-state index in [2.05, 4.69) is 0 Å². The van der Waals surface area contributed by atoms with E-state index in [1.807, 2.05) is 37.3 Å². The third kappa shape index (κ3) is 3.95. The van der Waals surface area contributed by atoms with Crippen molar-refractivity contribution >= 4 is 51.9 Å². The molecule has 1 fully saturated rings. The van der Waals surface area contributed by atoms with Gasteiger partial charge in [-0.1, -0.05) is 59.9 Å². The molecule has 0 radical (unpaired) electrons. The molecule has 0 atom stereocenters. The first-order valence-electron chi connectivity index (χ1n) is 7.80. The van der Waals surface area contributed by atoms with Crippen LogP contribution >= 0.6 is 24.0 Å². The molecule has 0 aliphatic carbocycles. The van der Waals surface area contributed by atoms with Gasteiger partial charge in [-0.15, -0.1) is 0 Å². The van der Waals surface area contributed by atoms with Gasteiger partial charge in [0, 0.05) is 5.56 Å². The van der Waals surface area contributed by atoms with Crippen LogP contribution in [0.1, 0.15) is 11.1 Å². The number of aryl methyl sites for hydroxylation is 1. The Kier molecular flexibility index (Phi) is 5.39. The lowest BCUT2D eigenvalue weighted by Gasteiger charge is -2.14. The highest BCUT2D eigenvalue weighted by molar-refractivity contribution is 8.27. The van der Waals surface area contributed by atoms with Crippen molar-refractivity contribution < 1.29 is 14.3 Å². The molecule has 2 amide bonds. The molecule has 0 bridgehead atoms. The summed E-state index contributed by atoms with van der Waals surface area (Å²) in [6.45, 7) is 1.76. The van der Waals surface area contributed by atoms with Crippen molar-refractivity contribution in [3.05, 3.63) is 64.6 Å². The molecule has 1 aliphatic heterocycles. The molecular weight excluding hydrogens is 368 g/mol. The number of nitrogens with two attached hydrogens (primary N) is 1. The average molecular weight is 384 g/mol. The first-order chi connectivity index (χ1) is 12.5. The summed E-state index contributed by atoms with van der Waals surface area (Å²) in [7, 11) is 0. The summed E-state index contributed by atoms with van der Waals surface area (Å²) in [6, 6.07) is 14.7. The molecule has 0 spiro atoms. The standard InChI is InChI=1S/C19H16N2O3S2/c1-12-6-8-14(9-7-12)21-18(23)16(26-19(21)25)10-13-4-2-3-5-15(13)24-11-17(20)22/h2-10H,11H2,1H3,(H2,20,22)/b16-10-. The van der Waals surface area contributed by atoms with Gasteiger partial charge in [-0.05, 0) is 31.2 Å². The fourth-order valence-corrected chi connectivity index (χ4v) is 3.70. The van der Waals surface area contributed by atoms with Gasteiger partial charge >= 0.3 is 0 Å². The van der Waals surface area contributed by atoms with Crippen LogP contribution in [0.25, 0.3) is 6.08 Å². The molecule has 0 saturated carbocycles. The summed E-state index contributed by atoms with van der Waals surface area (Å²) in [5.74, 6) is -0.272. The van der Waals surface area contributed by atoms with E-state index in [0.29, 0.717) is 20.5 Å². The number of benzene rings is 2. The van der Waals surface area contributed by atoms with Crippen LogP contribution in [-0.2, 0) is 9.59 Å². The van der Waals surface area contributed by atoms with Crippen molar-refractivity contribution in [2.24, 2.45) is 5.73 Å². The Balaban J connectivity index is 1.89. The number of hydrogen-bond donors (Lipinski definition) is 1. The van der Waals surface area contributed by atoms with Crippen LogP contribution < -0.4 is 15.4 Å². The van der Waals surface area contributed by atoms with Gasteiger partial charge in [0.25, 0.3) is 11.8 Å². The van der Waals surface area contributed by atoms with Crippen molar-refractivity contribution in [3.63, 3.8) is 0 Å². The first kappa shape index (κ1) is 18.2. The monoisotopic (exact) mass is 384 g/mol. The Labute approximate surface area is 160 Å². The summed E-state index contributed by atoms with van der Waals surface area (Å²) in [4.78, 5) is 25.8. The van der Waals surface area contributed by atoms with E-state index >= 15 is 0 Å². The maximum Gasteiger partial charge on any atom is 0.270 e. The van der Waals surface area contributed by atoms with Gasteiger partial charge in [0.2, 0.25) is 0 Å². The Bertz CT molecular complexity index is 907. The highest BCUT2D eigenvalue weighted by Crippen LogP contribution is 2.37. The van der Waals surface area contributed by atoms with Gasteiger partial charge in [0.1, 0.15) is 5.75 Å². The van der Waals surface area contributed by atoms with Gasteiger partial charge in [-0.2, -0.15) is 0 Å². The third-order valence-corrected chi connectivity index (χ3v) is 4.96. The van der Waals surface area contributed by atoms with Gasteiger partial charge in [-0.3, -0.25) is 14.5 Å². The number of thiocarbonyl (C=S) groups is 1. The summed E-state index contributed by atoms with van der Waals surface area (Å²) in [5.41, 5.74) is 7.65. The molecule has 26 heavy (non-hydrogen) atoms. The average Bonchev–Trinajstić information content (AvgIpc) is 2.89. The van der Waals surface area contributed by atoms with E-state index in [4.69, 9.17) is 22.7 Å². The molecule has 2 aromatic rings. The molecule has 7 heteroatoms. The Morgan fingerprint density at radius 1 is 1.23 bits per heavy atom. The Morgan fingerprint density at radius 3 is 2.62 bits per heavy atom. The zero-order valence-corrected chi connectivity index (χ0v) is 15.6. The number of carbonyl (C=O) groups excluding carboxylic acids is 2. The Hall–Kier alpha value is -2.64. The number of primary amides is 1. The van der Waals surface area contributed by atoms with E-state index in [1.54, 1.807) is 24.3 Å². The lowest BCUT2D eigenvalue weighted by molar-refractivity contribution is -0.120. The van der Waals surface area contributed by atoms with Gasteiger partial charge in [0.05, 0.1) is 10.6 Å². The number of thioether (sulfide) groups is 1. The molecule has 3 rings (SSSR count). The van der Waals surface area contributed by atoms with Crippen LogP contribution in [-0.4, -0.2) is 22.7 Å². The van der Waals surface area contributed by atoms with Crippen LogP contribution in [0.5, 0.6) is 5.75 Å². The summed E-state index contributed by atoms with van der Waals surface area (Å²) in [5, 5.41) is 0. The van der Waals surface area contributed by atoms with E-state index in [-0.39, 0.29) is 12.5 Å². The minimum Gasteiger partial charge on any atom is -0.483 e. The second-order valence-electron chi connectivity index (χ2n) is 5.65. The predicted octanol–water partition coefficient (Wildman–Crippen LogP) is 3.26. The van der Waals surface area contributed by atoms with Gasteiger partial charge < -0.3 is 10.5 Å². The van der Waals surface area contributed by atoms with Crippen molar-refractivity contribution in [3.8, 4) is 5.75 Å². The smallest absolute Gasteiger partial charge is 0.270 e. The maximum atomic E-state index is 12.8. The number of carbonyl (C=O) groups is 2. The lowest BCUT2D eigenvalue weighted by atomic mass is 10.1. The van der Waals surface area contributed by atoms with Crippen molar-refractivity contribution in [2.45, 2.75) is 6.92 Å².